The summed E-state index contributed by atoms with van der Waals surface area (Å²) >= 11 is 0. The van der Waals surface area contributed by atoms with Crippen LogP contribution in [-0.2, 0) is 6.54 Å². The van der Waals surface area contributed by atoms with E-state index in [2.05, 4.69) is 27.3 Å². The highest BCUT2D eigenvalue weighted by Gasteiger charge is 2.55. The summed E-state index contributed by atoms with van der Waals surface area (Å²) in [7, 11) is 0. The van der Waals surface area contributed by atoms with Gasteiger partial charge in [0.05, 0.1) is 5.69 Å². The van der Waals surface area contributed by atoms with Crippen molar-refractivity contribution in [1.29, 1.82) is 0 Å². The third-order valence-electron chi connectivity index (χ3n) is 7.93. The number of amides is 2. The fourth-order valence-corrected chi connectivity index (χ4v) is 5.83. The zero-order chi connectivity index (χ0) is 22.0. The van der Waals surface area contributed by atoms with Crippen molar-refractivity contribution in [3.05, 3.63) is 52.6 Å². The molecule has 0 radical (unpaired) electrons. The van der Waals surface area contributed by atoms with Gasteiger partial charge in [0.25, 0.3) is 0 Å². The van der Waals surface area contributed by atoms with Gasteiger partial charge < -0.3 is 16.4 Å². The van der Waals surface area contributed by atoms with E-state index in [9.17, 15) is 9.59 Å². The van der Waals surface area contributed by atoms with Crippen LogP contribution in [0.1, 0.15) is 5.56 Å². The van der Waals surface area contributed by atoms with Crippen molar-refractivity contribution in [1.82, 2.24) is 19.4 Å². The van der Waals surface area contributed by atoms with Crippen LogP contribution in [0.5, 0.6) is 0 Å². The number of hydrogen-bond donors (Lipinski definition) is 3. The SMILES string of the molecule is NCC1C2CN(C(=O)Nc3ccn(-c4ccc(CN5CC6C(N)C6C5)cc4)c(=O)n3)CC12. The number of carbonyl (C=O) groups is 1. The van der Waals surface area contributed by atoms with Gasteiger partial charge in [0.15, 0.2) is 0 Å². The molecule has 6 rings (SSSR count). The van der Waals surface area contributed by atoms with Crippen LogP contribution in [0.15, 0.2) is 41.3 Å². The molecule has 9 nitrogen and oxygen atoms in total. The van der Waals surface area contributed by atoms with Gasteiger partial charge in [-0.3, -0.25) is 14.8 Å². The predicted molar refractivity (Wildman–Crippen MR) is 120 cm³/mol. The molecule has 2 aliphatic carbocycles. The van der Waals surface area contributed by atoms with Crippen LogP contribution in [0.2, 0.25) is 0 Å². The van der Waals surface area contributed by atoms with Crippen molar-refractivity contribution in [2.24, 2.45) is 41.1 Å². The number of nitrogens with zero attached hydrogens (tertiary/aromatic N) is 4. The lowest BCUT2D eigenvalue weighted by Gasteiger charge is -2.20. The second-order valence-electron chi connectivity index (χ2n) is 9.79. The quantitative estimate of drug-likeness (QED) is 0.621. The maximum Gasteiger partial charge on any atom is 0.354 e. The lowest BCUT2D eigenvalue weighted by atomic mass is 10.2. The topological polar surface area (TPSA) is 123 Å². The molecule has 5 N–H and O–H groups in total. The average Bonchev–Trinajstić information content (AvgIpc) is 3.41. The molecule has 2 saturated carbocycles. The van der Waals surface area contributed by atoms with Crippen LogP contribution in [0, 0.1) is 29.6 Å². The average molecular weight is 436 g/mol. The van der Waals surface area contributed by atoms with Crippen molar-refractivity contribution in [2.45, 2.75) is 12.6 Å². The molecular formula is C23H29N7O2. The van der Waals surface area contributed by atoms with Gasteiger partial charge in [-0.2, -0.15) is 4.98 Å². The van der Waals surface area contributed by atoms with Crippen LogP contribution < -0.4 is 22.5 Å². The van der Waals surface area contributed by atoms with Gasteiger partial charge >= 0.3 is 11.7 Å². The molecule has 2 aliphatic heterocycles. The number of rotatable bonds is 5. The Bertz CT molecular complexity index is 1080. The first kappa shape index (κ1) is 19.9. The Balaban J connectivity index is 1.07. The van der Waals surface area contributed by atoms with E-state index < -0.39 is 5.69 Å². The number of hydrogen-bond acceptors (Lipinski definition) is 6. The highest BCUT2D eigenvalue weighted by atomic mass is 16.2. The van der Waals surface area contributed by atoms with Crippen LogP contribution >= 0.6 is 0 Å². The summed E-state index contributed by atoms with van der Waals surface area (Å²) < 4.78 is 1.49. The normalized spacial score (nSPS) is 32.5. The number of likely N-dealkylation sites (tertiary alicyclic amines) is 2. The highest BCUT2D eigenvalue weighted by molar-refractivity contribution is 5.88. The first-order valence-corrected chi connectivity index (χ1v) is 11.4. The molecule has 2 aromatic rings. The molecule has 2 saturated heterocycles. The minimum atomic E-state index is -0.420. The van der Waals surface area contributed by atoms with Gasteiger partial charge in [-0.05, 0) is 59.9 Å². The Hall–Kier alpha value is -2.75. The molecule has 1 aromatic heterocycles. The van der Waals surface area contributed by atoms with E-state index in [1.807, 2.05) is 12.1 Å². The fourth-order valence-electron chi connectivity index (χ4n) is 5.83. The number of anilines is 1. The molecule has 32 heavy (non-hydrogen) atoms. The van der Waals surface area contributed by atoms with Crippen molar-refractivity contribution >= 4 is 11.8 Å². The molecule has 4 unspecified atom stereocenters. The van der Waals surface area contributed by atoms with Gasteiger partial charge in [-0.25, -0.2) is 9.59 Å². The Morgan fingerprint density at radius 1 is 1.03 bits per heavy atom. The number of carbonyl (C=O) groups excluding carboxylic acids is 1. The Labute approximate surface area is 186 Å². The Morgan fingerprint density at radius 2 is 1.72 bits per heavy atom. The van der Waals surface area contributed by atoms with E-state index in [-0.39, 0.29) is 11.8 Å². The first-order chi connectivity index (χ1) is 15.5. The molecule has 9 heteroatoms. The summed E-state index contributed by atoms with van der Waals surface area (Å²) in [6.45, 7) is 5.22. The van der Waals surface area contributed by atoms with Gasteiger partial charge in [0.2, 0.25) is 0 Å². The fraction of sp³-hybridized carbons (Fsp3) is 0.522. The molecule has 168 valence electrons. The maximum absolute atomic E-state index is 12.6. The van der Waals surface area contributed by atoms with E-state index in [1.165, 1.54) is 10.1 Å². The Morgan fingerprint density at radius 3 is 2.34 bits per heavy atom. The largest absolute Gasteiger partial charge is 0.354 e. The number of nitrogens with one attached hydrogen (secondary N) is 1. The number of urea groups is 1. The molecular weight excluding hydrogens is 406 g/mol. The molecule has 3 heterocycles. The third-order valence-corrected chi connectivity index (χ3v) is 7.93. The summed E-state index contributed by atoms with van der Waals surface area (Å²) in [5.74, 6) is 3.25. The molecule has 4 aliphatic rings. The molecule has 0 bridgehead atoms. The highest BCUT2D eigenvalue weighted by Crippen LogP contribution is 2.50. The first-order valence-electron chi connectivity index (χ1n) is 11.4. The van der Waals surface area contributed by atoms with Gasteiger partial charge in [0.1, 0.15) is 5.82 Å². The van der Waals surface area contributed by atoms with Gasteiger partial charge in [0, 0.05) is 45.0 Å². The molecule has 4 fully saturated rings. The number of nitrogens with two attached hydrogens (primary N) is 2. The van der Waals surface area contributed by atoms with E-state index in [0.717, 1.165) is 38.4 Å². The number of benzene rings is 1. The third kappa shape index (κ3) is 3.41. The van der Waals surface area contributed by atoms with E-state index >= 15 is 0 Å². The van der Waals surface area contributed by atoms with Crippen molar-refractivity contribution < 1.29 is 4.79 Å². The van der Waals surface area contributed by atoms with E-state index in [4.69, 9.17) is 11.5 Å². The lowest BCUT2D eigenvalue weighted by Crippen LogP contribution is -2.36. The van der Waals surface area contributed by atoms with Crippen molar-refractivity contribution in [3.63, 3.8) is 0 Å². The van der Waals surface area contributed by atoms with E-state index in [0.29, 0.717) is 42.2 Å². The van der Waals surface area contributed by atoms with E-state index in [1.54, 1.807) is 17.2 Å². The summed E-state index contributed by atoms with van der Waals surface area (Å²) in [5, 5.41) is 2.75. The summed E-state index contributed by atoms with van der Waals surface area (Å²) in [4.78, 5) is 33.3. The lowest BCUT2D eigenvalue weighted by molar-refractivity contribution is 0.214. The standard InChI is InChI=1S/C23H29N7O2/c24-7-15-16-11-29(12-17(15)16)22(31)26-20-5-6-30(23(32)27-20)14-3-1-13(2-4-14)8-28-9-18-19(10-28)21(18)25/h1-6,15-19,21H,7-12,24-25H2,(H,26,27,31,32). The molecule has 0 spiro atoms. The second-order valence-corrected chi connectivity index (χ2v) is 9.79. The van der Waals surface area contributed by atoms with Crippen LogP contribution in [0.4, 0.5) is 10.6 Å². The summed E-state index contributed by atoms with van der Waals surface area (Å²) in [6, 6.07) is 9.83. The number of aromatic nitrogens is 2. The van der Waals surface area contributed by atoms with Crippen molar-refractivity contribution in [2.75, 3.05) is 38.0 Å². The predicted octanol–water partition coefficient (Wildman–Crippen LogP) is 0.290. The van der Waals surface area contributed by atoms with Crippen LogP contribution in [0.25, 0.3) is 5.69 Å². The number of fused-ring (bicyclic) bond motifs is 2. The smallest absolute Gasteiger partial charge is 0.330 e. The monoisotopic (exact) mass is 435 g/mol. The maximum atomic E-state index is 12.6. The van der Waals surface area contributed by atoms with Crippen LogP contribution in [0.3, 0.4) is 0 Å². The van der Waals surface area contributed by atoms with Gasteiger partial charge in [-0.15, -0.1) is 0 Å². The van der Waals surface area contributed by atoms with Gasteiger partial charge in [-0.1, -0.05) is 12.1 Å². The molecule has 1 aromatic carbocycles. The summed E-state index contributed by atoms with van der Waals surface area (Å²) in [5.41, 5.74) is 13.3. The zero-order valence-electron chi connectivity index (χ0n) is 17.9. The van der Waals surface area contributed by atoms with Crippen LogP contribution in [-0.4, -0.2) is 64.1 Å². The Kier molecular flexibility index (Phi) is 4.60. The second kappa shape index (κ2) is 7.40. The zero-order valence-corrected chi connectivity index (χ0v) is 17.9. The molecule has 4 atom stereocenters. The molecule has 2 amide bonds. The minimum Gasteiger partial charge on any atom is -0.330 e. The van der Waals surface area contributed by atoms with Crippen molar-refractivity contribution in [3.8, 4) is 5.69 Å². The summed E-state index contributed by atoms with van der Waals surface area (Å²) in [6.07, 6.45) is 1.65. The minimum absolute atomic E-state index is 0.206. The number of piperidine rings is 2.